The quantitative estimate of drug-likeness (QED) is 0.875. The van der Waals surface area contributed by atoms with E-state index in [1.807, 2.05) is 31.2 Å². The zero-order valence-corrected chi connectivity index (χ0v) is 13.0. The van der Waals surface area contributed by atoms with Crippen molar-refractivity contribution < 1.29 is 9.90 Å². The number of amides is 1. The highest BCUT2D eigenvalue weighted by Gasteiger charge is 2.24. The lowest BCUT2D eigenvalue weighted by Gasteiger charge is -2.33. The SMILES string of the molecule is CCc1ccc(NC(=O)CN2CCCC(C(C)O)C2)cc1. The molecule has 4 heteroatoms. The molecule has 0 radical (unpaired) electrons. The number of carbonyl (C=O) groups is 1. The number of nitrogens with zero attached hydrogens (tertiary/aromatic N) is 1. The van der Waals surface area contributed by atoms with Crippen LogP contribution in [0.25, 0.3) is 0 Å². The molecule has 1 amide bonds. The Hall–Kier alpha value is -1.39. The fourth-order valence-corrected chi connectivity index (χ4v) is 2.86. The summed E-state index contributed by atoms with van der Waals surface area (Å²) < 4.78 is 0. The van der Waals surface area contributed by atoms with Gasteiger partial charge in [-0.2, -0.15) is 0 Å². The predicted molar refractivity (Wildman–Crippen MR) is 85.3 cm³/mol. The molecule has 2 rings (SSSR count). The van der Waals surface area contributed by atoms with Gasteiger partial charge in [0.2, 0.25) is 5.91 Å². The van der Waals surface area contributed by atoms with Crippen LogP contribution in [-0.4, -0.2) is 41.7 Å². The van der Waals surface area contributed by atoms with Gasteiger partial charge >= 0.3 is 0 Å². The van der Waals surface area contributed by atoms with E-state index in [0.717, 1.165) is 38.0 Å². The predicted octanol–water partition coefficient (Wildman–Crippen LogP) is 2.28. The summed E-state index contributed by atoms with van der Waals surface area (Å²) in [6, 6.07) is 7.98. The average molecular weight is 290 g/mol. The number of anilines is 1. The minimum absolute atomic E-state index is 0.0190. The van der Waals surface area contributed by atoms with E-state index in [-0.39, 0.29) is 17.9 Å². The van der Waals surface area contributed by atoms with Crippen LogP contribution in [0.2, 0.25) is 0 Å². The van der Waals surface area contributed by atoms with Crippen molar-refractivity contribution in [3.63, 3.8) is 0 Å². The minimum Gasteiger partial charge on any atom is -0.393 e. The Morgan fingerprint density at radius 2 is 2.14 bits per heavy atom. The van der Waals surface area contributed by atoms with Crippen molar-refractivity contribution in [1.29, 1.82) is 0 Å². The molecule has 0 spiro atoms. The first-order valence-corrected chi connectivity index (χ1v) is 7.87. The van der Waals surface area contributed by atoms with Gasteiger partial charge in [-0.05, 0) is 56.3 Å². The second kappa shape index (κ2) is 7.57. The third kappa shape index (κ3) is 4.83. The number of aliphatic hydroxyl groups is 1. The van der Waals surface area contributed by atoms with Crippen LogP contribution in [0.15, 0.2) is 24.3 Å². The molecule has 1 aliphatic rings. The standard InChI is InChI=1S/C17H26N2O2/c1-3-14-6-8-16(9-7-14)18-17(21)12-19-10-4-5-15(11-19)13(2)20/h6-9,13,15,20H,3-5,10-12H2,1-2H3,(H,18,21). The van der Waals surface area contributed by atoms with E-state index in [1.54, 1.807) is 0 Å². The monoisotopic (exact) mass is 290 g/mol. The van der Waals surface area contributed by atoms with Crippen molar-refractivity contribution in [1.82, 2.24) is 4.90 Å². The van der Waals surface area contributed by atoms with Gasteiger partial charge in [0.1, 0.15) is 0 Å². The zero-order valence-electron chi connectivity index (χ0n) is 13.0. The second-order valence-corrected chi connectivity index (χ2v) is 5.98. The number of nitrogens with one attached hydrogen (secondary N) is 1. The van der Waals surface area contributed by atoms with Crippen molar-refractivity contribution in [2.45, 2.75) is 39.2 Å². The third-order valence-corrected chi connectivity index (χ3v) is 4.24. The first kappa shape index (κ1) is 16.0. The number of benzene rings is 1. The van der Waals surface area contributed by atoms with Crippen molar-refractivity contribution in [3.05, 3.63) is 29.8 Å². The number of carbonyl (C=O) groups excluding carboxylic acids is 1. The van der Waals surface area contributed by atoms with Crippen molar-refractivity contribution in [3.8, 4) is 0 Å². The van der Waals surface area contributed by atoms with Gasteiger partial charge in [0.05, 0.1) is 12.6 Å². The highest BCUT2D eigenvalue weighted by Crippen LogP contribution is 2.19. The Labute approximate surface area is 127 Å². The number of hydrogen-bond donors (Lipinski definition) is 2. The summed E-state index contributed by atoms with van der Waals surface area (Å²) in [6.07, 6.45) is 2.81. The van der Waals surface area contributed by atoms with E-state index in [0.29, 0.717) is 6.54 Å². The van der Waals surface area contributed by atoms with E-state index in [1.165, 1.54) is 5.56 Å². The van der Waals surface area contributed by atoms with E-state index in [2.05, 4.69) is 17.1 Å². The molecule has 2 unspecified atom stereocenters. The number of rotatable bonds is 5. The van der Waals surface area contributed by atoms with Gasteiger partial charge in [-0.1, -0.05) is 19.1 Å². The number of piperidine rings is 1. The molecule has 0 saturated carbocycles. The van der Waals surface area contributed by atoms with E-state index < -0.39 is 0 Å². The van der Waals surface area contributed by atoms with Gasteiger partial charge in [0.15, 0.2) is 0 Å². The molecule has 0 aliphatic carbocycles. The molecular formula is C17H26N2O2. The molecule has 1 heterocycles. The number of hydrogen-bond acceptors (Lipinski definition) is 3. The molecule has 1 aliphatic heterocycles. The summed E-state index contributed by atoms with van der Waals surface area (Å²) in [4.78, 5) is 14.2. The Morgan fingerprint density at radius 1 is 1.43 bits per heavy atom. The largest absolute Gasteiger partial charge is 0.393 e. The lowest BCUT2D eigenvalue weighted by Crippen LogP contribution is -2.43. The van der Waals surface area contributed by atoms with Crippen LogP contribution in [0.5, 0.6) is 0 Å². The highest BCUT2D eigenvalue weighted by atomic mass is 16.3. The summed E-state index contributed by atoms with van der Waals surface area (Å²) >= 11 is 0. The van der Waals surface area contributed by atoms with Crippen LogP contribution in [0.1, 0.15) is 32.3 Å². The van der Waals surface area contributed by atoms with Crippen molar-refractivity contribution >= 4 is 11.6 Å². The van der Waals surface area contributed by atoms with Crippen LogP contribution in [-0.2, 0) is 11.2 Å². The maximum Gasteiger partial charge on any atom is 0.238 e. The molecule has 0 bridgehead atoms. The molecule has 1 aromatic carbocycles. The Balaban J connectivity index is 1.83. The number of likely N-dealkylation sites (tertiary alicyclic amines) is 1. The average Bonchev–Trinajstić information content (AvgIpc) is 2.48. The van der Waals surface area contributed by atoms with Crippen LogP contribution < -0.4 is 5.32 Å². The van der Waals surface area contributed by atoms with Crippen LogP contribution in [0, 0.1) is 5.92 Å². The Bertz CT molecular complexity index is 456. The molecule has 0 aromatic heterocycles. The zero-order chi connectivity index (χ0) is 15.2. The van der Waals surface area contributed by atoms with Gasteiger partial charge in [0, 0.05) is 12.2 Å². The van der Waals surface area contributed by atoms with Crippen LogP contribution in [0.4, 0.5) is 5.69 Å². The van der Waals surface area contributed by atoms with E-state index >= 15 is 0 Å². The van der Waals surface area contributed by atoms with Gasteiger partial charge in [-0.25, -0.2) is 0 Å². The lowest BCUT2D eigenvalue weighted by molar-refractivity contribution is -0.118. The van der Waals surface area contributed by atoms with Gasteiger partial charge in [0.25, 0.3) is 0 Å². The minimum atomic E-state index is -0.294. The van der Waals surface area contributed by atoms with Gasteiger partial charge in [-0.15, -0.1) is 0 Å². The summed E-state index contributed by atoms with van der Waals surface area (Å²) in [7, 11) is 0. The first-order chi connectivity index (χ1) is 10.1. The van der Waals surface area contributed by atoms with Crippen LogP contribution in [0.3, 0.4) is 0 Å². The Kier molecular flexibility index (Phi) is 5.76. The van der Waals surface area contributed by atoms with Crippen molar-refractivity contribution in [2.75, 3.05) is 25.0 Å². The van der Waals surface area contributed by atoms with E-state index in [9.17, 15) is 9.90 Å². The maximum absolute atomic E-state index is 12.1. The highest BCUT2D eigenvalue weighted by molar-refractivity contribution is 5.92. The topological polar surface area (TPSA) is 52.6 Å². The fourth-order valence-electron chi connectivity index (χ4n) is 2.86. The summed E-state index contributed by atoms with van der Waals surface area (Å²) in [5.41, 5.74) is 2.12. The molecule has 116 valence electrons. The molecule has 4 nitrogen and oxygen atoms in total. The normalized spacial score (nSPS) is 21.0. The summed E-state index contributed by atoms with van der Waals surface area (Å²) in [5, 5.41) is 12.6. The molecule has 1 fully saturated rings. The second-order valence-electron chi connectivity index (χ2n) is 5.98. The van der Waals surface area contributed by atoms with E-state index in [4.69, 9.17) is 0 Å². The molecule has 2 atom stereocenters. The smallest absolute Gasteiger partial charge is 0.238 e. The number of aryl methyl sites for hydroxylation is 1. The summed E-state index contributed by atoms with van der Waals surface area (Å²) in [6.45, 7) is 6.09. The molecule has 21 heavy (non-hydrogen) atoms. The molecular weight excluding hydrogens is 264 g/mol. The van der Waals surface area contributed by atoms with Gasteiger partial charge < -0.3 is 10.4 Å². The molecule has 2 N–H and O–H groups in total. The molecule has 1 aromatic rings. The molecule has 1 saturated heterocycles. The first-order valence-electron chi connectivity index (χ1n) is 7.87. The van der Waals surface area contributed by atoms with Crippen molar-refractivity contribution in [2.24, 2.45) is 5.92 Å². The van der Waals surface area contributed by atoms with Gasteiger partial charge in [-0.3, -0.25) is 9.69 Å². The number of aliphatic hydroxyl groups excluding tert-OH is 1. The Morgan fingerprint density at radius 3 is 2.76 bits per heavy atom. The van der Waals surface area contributed by atoms with Crippen LogP contribution >= 0.6 is 0 Å². The third-order valence-electron chi connectivity index (χ3n) is 4.24. The summed E-state index contributed by atoms with van der Waals surface area (Å²) in [5.74, 6) is 0.306. The maximum atomic E-state index is 12.1. The lowest BCUT2D eigenvalue weighted by atomic mass is 9.93. The fraction of sp³-hybridized carbons (Fsp3) is 0.588.